The summed E-state index contributed by atoms with van der Waals surface area (Å²) in [6, 6.07) is -0.829. The summed E-state index contributed by atoms with van der Waals surface area (Å²) in [5.41, 5.74) is 0. The number of rotatable bonds is 62. The number of hydrogen-bond acceptors (Lipinski definition) is 10. The Morgan fingerprint density at radius 2 is 0.817 bits per heavy atom. The van der Waals surface area contributed by atoms with E-state index in [0.717, 1.165) is 57.8 Å². The number of aliphatic hydroxyl groups is 5. The summed E-state index contributed by atoms with van der Waals surface area (Å²) < 4.78 is 16.7. The third-order valence-electron chi connectivity index (χ3n) is 16.8. The van der Waals surface area contributed by atoms with Crippen LogP contribution in [0.2, 0.25) is 0 Å². The zero-order chi connectivity index (χ0) is 59.5. The maximum absolute atomic E-state index is 13.0. The molecule has 482 valence electrons. The highest BCUT2D eigenvalue weighted by molar-refractivity contribution is 5.76. The second kappa shape index (κ2) is 60.6. The van der Waals surface area contributed by atoms with E-state index in [1.807, 2.05) is 19.1 Å². The van der Waals surface area contributed by atoms with Crippen molar-refractivity contribution >= 4 is 11.9 Å². The largest absolute Gasteiger partial charge is 0.466 e. The van der Waals surface area contributed by atoms with E-state index in [1.165, 1.54) is 257 Å². The lowest BCUT2D eigenvalue weighted by Crippen LogP contribution is -2.60. The van der Waals surface area contributed by atoms with Gasteiger partial charge in [0.2, 0.25) is 5.91 Å². The minimum absolute atomic E-state index is 0.0150. The molecule has 7 unspecified atom stereocenters. The zero-order valence-corrected chi connectivity index (χ0v) is 53.5. The van der Waals surface area contributed by atoms with E-state index < -0.39 is 49.5 Å². The fourth-order valence-electron chi connectivity index (χ4n) is 11.3. The minimum atomic E-state index is -1.58. The Morgan fingerprint density at radius 3 is 1.21 bits per heavy atom. The van der Waals surface area contributed by atoms with Crippen molar-refractivity contribution in [3.63, 3.8) is 0 Å². The Hall–Kier alpha value is -2.12. The van der Waals surface area contributed by atoms with Crippen molar-refractivity contribution in [1.29, 1.82) is 0 Å². The van der Waals surface area contributed by atoms with Crippen LogP contribution in [0.15, 0.2) is 36.5 Å². The molecular formula is C71H133NO10. The molecule has 82 heavy (non-hydrogen) atoms. The number of nitrogens with one attached hydrogen (secondary N) is 1. The van der Waals surface area contributed by atoms with Gasteiger partial charge in [-0.1, -0.05) is 313 Å². The van der Waals surface area contributed by atoms with Crippen molar-refractivity contribution in [3.05, 3.63) is 36.5 Å². The molecule has 0 bridgehead atoms. The first-order valence-electron chi connectivity index (χ1n) is 35.2. The number of amides is 1. The fourth-order valence-corrected chi connectivity index (χ4v) is 11.3. The molecule has 1 heterocycles. The first kappa shape index (κ1) is 77.9. The molecule has 7 atom stereocenters. The molecule has 0 aromatic carbocycles. The maximum atomic E-state index is 13.0. The molecule has 1 amide bonds. The van der Waals surface area contributed by atoms with Crippen LogP contribution < -0.4 is 5.32 Å². The summed E-state index contributed by atoms with van der Waals surface area (Å²) in [7, 11) is 0. The molecule has 0 aromatic heterocycles. The molecule has 0 saturated carbocycles. The van der Waals surface area contributed by atoms with Gasteiger partial charge in [0.05, 0.1) is 32.0 Å². The number of carbonyl (C=O) groups is 2. The van der Waals surface area contributed by atoms with Crippen LogP contribution in [0.5, 0.6) is 0 Å². The summed E-state index contributed by atoms with van der Waals surface area (Å²) in [6.45, 7) is 4.12. The Kier molecular flexibility index (Phi) is 57.5. The molecule has 0 aromatic rings. The van der Waals surface area contributed by atoms with E-state index in [4.69, 9.17) is 14.2 Å². The van der Waals surface area contributed by atoms with Crippen LogP contribution in [0.1, 0.15) is 341 Å². The Balaban J connectivity index is 1.89. The number of hydrogen-bond donors (Lipinski definition) is 6. The normalized spacial score (nSPS) is 18.4. The monoisotopic (exact) mass is 1160 g/mol. The van der Waals surface area contributed by atoms with Gasteiger partial charge in [0, 0.05) is 12.8 Å². The van der Waals surface area contributed by atoms with E-state index in [9.17, 15) is 35.1 Å². The van der Waals surface area contributed by atoms with E-state index in [0.29, 0.717) is 19.4 Å². The number of ether oxygens (including phenoxy) is 3. The molecule has 1 fully saturated rings. The van der Waals surface area contributed by atoms with Crippen LogP contribution in [0, 0.1) is 0 Å². The van der Waals surface area contributed by atoms with Gasteiger partial charge in [-0.25, -0.2) is 0 Å². The van der Waals surface area contributed by atoms with Gasteiger partial charge in [-0.15, -0.1) is 0 Å². The molecule has 1 rings (SSSR count). The molecular weight excluding hydrogens is 1030 g/mol. The topological polar surface area (TPSA) is 175 Å². The van der Waals surface area contributed by atoms with Gasteiger partial charge in [-0.3, -0.25) is 9.59 Å². The second-order valence-electron chi connectivity index (χ2n) is 24.6. The van der Waals surface area contributed by atoms with Crippen LogP contribution in [-0.4, -0.2) is 100 Å². The third kappa shape index (κ3) is 49.0. The Labute approximate surface area is 504 Å². The smallest absolute Gasteiger partial charge is 0.305 e. The average Bonchev–Trinajstić information content (AvgIpc) is 3.68. The summed E-state index contributed by atoms with van der Waals surface area (Å²) in [6.07, 6.45) is 67.6. The molecule has 1 saturated heterocycles. The van der Waals surface area contributed by atoms with Crippen molar-refractivity contribution in [1.82, 2.24) is 5.32 Å². The van der Waals surface area contributed by atoms with Crippen LogP contribution in [0.4, 0.5) is 0 Å². The van der Waals surface area contributed by atoms with E-state index in [2.05, 4.69) is 30.5 Å². The number of esters is 1. The molecule has 6 N–H and O–H groups in total. The summed E-state index contributed by atoms with van der Waals surface area (Å²) in [4.78, 5) is 25.0. The standard InChI is InChI=1S/C71H133NO10/c1-3-5-7-9-11-13-14-39-43-47-51-55-59-67(76)80-60-56-52-48-44-40-37-35-33-31-29-27-25-23-21-19-17-15-16-18-20-22-24-26-28-30-32-34-36-38-42-46-50-54-58-66(75)72-63(64(74)57-53-49-45-41-12-10-8-6-4-2)62-81-71-70(79)69(78)68(77)65(61-73)82-71/h4,6,12,41,53,57,63-65,68-71,73-74,77-79H,3,5,7-11,13-40,42-52,54-56,58-62H2,1-2H3,(H,72,75)/b6-4+,41-12+,57-53+. The maximum Gasteiger partial charge on any atom is 0.305 e. The first-order valence-corrected chi connectivity index (χ1v) is 35.2. The van der Waals surface area contributed by atoms with Gasteiger partial charge >= 0.3 is 5.97 Å². The number of aliphatic hydroxyl groups excluding tert-OH is 5. The van der Waals surface area contributed by atoms with Gasteiger partial charge in [-0.2, -0.15) is 0 Å². The van der Waals surface area contributed by atoms with Crippen LogP contribution >= 0.6 is 0 Å². The highest BCUT2D eigenvalue weighted by Crippen LogP contribution is 2.23. The fraction of sp³-hybridized carbons (Fsp3) is 0.887. The van der Waals surface area contributed by atoms with Crippen molar-refractivity contribution < 1.29 is 49.3 Å². The molecule has 0 spiro atoms. The molecule has 1 aliphatic heterocycles. The SMILES string of the molecule is C/C=C/CC/C=C/CC/C=C/C(O)C(COC1OC(CO)C(O)C(O)C1O)NC(=O)CCCCCCCCCCCCCCCCCCCCCCCCCCCCCCCCCCCOC(=O)CCCCCCCCCCCCCC. The number of unbranched alkanes of at least 4 members (excludes halogenated alkanes) is 45. The number of allylic oxidation sites excluding steroid dienone is 5. The molecule has 11 nitrogen and oxygen atoms in total. The van der Waals surface area contributed by atoms with Gasteiger partial charge in [-0.05, 0) is 51.9 Å². The van der Waals surface area contributed by atoms with Crippen molar-refractivity contribution in [2.24, 2.45) is 0 Å². The Bertz CT molecular complexity index is 1460. The zero-order valence-electron chi connectivity index (χ0n) is 53.5. The van der Waals surface area contributed by atoms with Gasteiger partial charge in [0.15, 0.2) is 6.29 Å². The lowest BCUT2D eigenvalue weighted by Gasteiger charge is -2.40. The summed E-state index contributed by atoms with van der Waals surface area (Å²) in [5.74, 6) is -0.179. The molecule has 11 heteroatoms. The van der Waals surface area contributed by atoms with E-state index in [1.54, 1.807) is 6.08 Å². The minimum Gasteiger partial charge on any atom is -0.466 e. The third-order valence-corrected chi connectivity index (χ3v) is 16.8. The predicted molar refractivity (Wildman–Crippen MR) is 343 cm³/mol. The highest BCUT2D eigenvalue weighted by Gasteiger charge is 2.44. The van der Waals surface area contributed by atoms with Crippen molar-refractivity contribution in [2.45, 2.75) is 384 Å². The predicted octanol–water partition coefficient (Wildman–Crippen LogP) is 17.8. The average molecular weight is 1160 g/mol. The first-order chi connectivity index (χ1) is 40.2. The Morgan fingerprint density at radius 1 is 0.463 bits per heavy atom. The van der Waals surface area contributed by atoms with E-state index >= 15 is 0 Å². The molecule has 1 aliphatic rings. The highest BCUT2D eigenvalue weighted by atomic mass is 16.7. The van der Waals surface area contributed by atoms with Crippen molar-refractivity contribution in [3.8, 4) is 0 Å². The number of carbonyl (C=O) groups excluding carboxylic acids is 2. The summed E-state index contributed by atoms with van der Waals surface area (Å²) in [5, 5.41) is 54.2. The lowest BCUT2D eigenvalue weighted by molar-refractivity contribution is -0.302. The van der Waals surface area contributed by atoms with Gasteiger partial charge in [0.25, 0.3) is 0 Å². The quantitative estimate of drug-likeness (QED) is 0.0195. The lowest BCUT2D eigenvalue weighted by atomic mass is 9.99. The van der Waals surface area contributed by atoms with Crippen LogP contribution in [0.3, 0.4) is 0 Å². The van der Waals surface area contributed by atoms with Crippen LogP contribution in [0.25, 0.3) is 0 Å². The van der Waals surface area contributed by atoms with Gasteiger partial charge in [0.1, 0.15) is 24.4 Å². The molecule has 0 radical (unpaired) electrons. The van der Waals surface area contributed by atoms with E-state index in [-0.39, 0.29) is 18.5 Å². The van der Waals surface area contributed by atoms with Crippen LogP contribution in [-0.2, 0) is 23.8 Å². The van der Waals surface area contributed by atoms with Gasteiger partial charge < -0.3 is 45.1 Å². The van der Waals surface area contributed by atoms with Crippen molar-refractivity contribution in [2.75, 3.05) is 19.8 Å². The molecule has 0 aliphatic carbocycles. The second-order valence-corrected chi connectivity index (χ2v) is 24.6. The summed E-state index contributed by atoms with van der Waals surface area (Å²) >= 11 is 0.